The van der Waals surface area contributed by atoms with Crippen LogP contribution in [0.5, 0.6) is 0 Å². The fourth-order valence-corrected chi connectivity index (χ4v) is 4.69. The maximum absolute atomic E-state index is 13.1. The molecule has 3 heterocycles. The number of anilines is 1. The van der Waals surface area contributed by atoms with E-state index in [1.54, 1.807) is 6.07 Å². The summed E-state index contributed by atoms with van der Waals surface area (Å²) < 4.78 is 33.1. The van der Waals surface area contributed by atoms with Gasteiger partial charge in [0.15, 0.2) is 5.76 Å². The number of furan rings is 1. The molecule has 25 heavy (non-hydrogen) atoms. The molecule has 0 spiro atoms. The lowest BCUT2D eigenvalue weighted by Gasteiger charge is -2.22. The minimum Gasteiger partial charge on any atom is -0.441 e. The highest BCUT2D eigenvalue weighted by Gasteiger charge is 2.37. The average Bonchev–Trinajstić information content (AvgIpc) is 3.19. The van der Waals surface area contributed by atoms with Gasteiger partial charge in [0.25, 0.3) is 15.6 Å². The maximum Gasteiger partial charge on any atom is 0.298 e. The largest absolute Gasteiger partial charge is 0.441 e. The fourth-order valence-electron chi connectivity index (χ4n) is 3.08. The van der Waals surface area contributed by atoms with Crippen LogP contribution in [0.25, 0.3) is 11.5 Å². The molecule has 1 aliphatic heterocycles. The van der Waals surface area contributed by atoms with E-state index in [1.165, 1.54) is 28.6 Å². The number of fused-ring (bicyclic) bond motifs is 1. The fraction of sp³-hybridized carbons (Fsp3) is 0.176. The zero-order valence-electron chi connectivity index (χ0n) is 13.3. The third-order valence-corrected chi connectivity index (χ3v) is 5.97. The van der Waals surface area contributed by atoms with Gasteiger partial charge in [-0.1, -0.05) is 18.2 Å². The number of hydrogen-bond donors (Lipinski definition) is 1. The molecule has 0 bridgehead atoms. The summed E-state index contributed by atoms with van der Waals surface area (Å²) >= 11 is 0. The molecule has 8 heteroatoms. The number of nitrogens with zero attached hydrogens (tertiary/aromatic N) is 2. The van der Waals surface area contributed by atoms with E-state index >= 15 is 0 Å². The summed E-state index contributed by atoms with van der Waals surface area (Å²) in [5.74, 6) is 0.273. The number of para-hydroxylation sites is 1. The van der Waals surface area contributed by atoms with Crippen LogP contribution in [0.4, 0.5) is 5.69 Å². The number of rotatable bonds is 3. The standard InChI is InChI=1S/C17H15N3O4S/c1-11-10-12-4-2-3-5-14(12)20(11)25(22,23)17-9-7-15(24-17)13-6-8-16(21)19-18-13/h2-9,11H,10H2,1H3,(H,19,21)/t11-/m1/s1. The number of hydrogen-bond acceptors (Lipinski definition) is 5. The van der Waals surface area contributed by atoms with Gasteiger partial charge in [-0.05, 0) is 43.2 Å². The van der Waals surface area contributed by atoms with Gasteiger partial charge in [0.2, 0.25) is 5.09 Å². The van der Waals surface area contributed by atoms with Gasteiger partial charge in [-0.3, -0.25) is 9.10 Å². The number of H-pyrrole nitrogens is 1. The smallest absolute Gasteiger partial charge is 0.298 e. The number of aromatic amines is 1. The van der Waals surface area contributed by atoms with Crippen molar-refractivity contribution in [3.8, 4) is 11.5 Å². The number of aromatic nitrogens is 2. The minimum atomic E-state index is -3.83. The second-order valence-electron chi connectivity index (χ2n) is 5.91. The molecule has 1 atom stereocenters. The molecule has 7 nitrogen and oxygen atoms in total. The second kappa shape index (κ2) is 5.59. The van der Waals surface area contributed by atoms with Crippen LogP contribution in [0, 0.1) is 0 Å². The quantitative estimate of drug-likeness (QED) is 0.775. The minimum absolute atomic E-state index is 0.154. The van der Waals surface area contributed by atoms with E-state index in [0.717, 1.165) is 5.56 Å². The van der Waals surface area contributed by atoms with Crippen LogP contribution in [0.2, 0.25) is 0 Å². The molecule has 0 aliphatic carbocycles. The van der Waals surface area contributed by atoms with Gasteiger partial charge < -0.3 is 4.42 Å². The van der Waals surface area contributed by atoms with Gasteiger partial charge in [0.1, 0.15) is 5.69 Å². The summed E-state index contributed by atoms with van der Waals surface area (Å²) in [5.41, 5.74) is 1.68. The molecule has 1 N–H and O–H groups in total. The summed E-state index contributed by atoms with van der Waals surface area (Å²) in [5, 5.41) is 6.00. The van der Waals surface area contributed by atoms with Crippen molar-refractivity contribution in [2.24, 2.45) is 0 Å². The molecular weight excluding hydrogens is 342 g/mol. The third-order valence-electron chi connectivity index (χ3n) is 4.17. The van der Waals surface area contributed by atoms with Crippen molar-refractivity contribution in [1.82, 2.24) is 10.2 Å². The van der Waals surface area contributed by atoms with Gasteiger partial charge in [-0.15, -0.1) is 0 Å². The first kappa shape index (κ1) is 15.6. The van der Waals surface area contributed by atoms with Crippen molar-refractivity contribution in [2.45, 2.75) is 24.5 Å². The number of sulfonamides is 1. The van der Waals surface area contributed by atoms with Gasteiger partial charge in [-0.25, -0.2) is 5.10 Å². The van der Waals surface area contributed by atoms with E-state index < -0.39 is 10.0 Å². The molecule has 0 saturated heterocycles. The molecule has 128 valence electrons. The van der Waals surface area contributed by atoms with Gasteiger partial charge in [0, 0.05) is 12.1 Å². The van der Waals surface area contributed by atoms with Crippen LogP contribution in [-0.2, 0) is 16.4 Å². The van der Waals surface area contributed by atoms with E-state index in [2.05, 4.69) is 10.2 Å². The SMILES string of the molecule is C[C@@H]1Cc2ccccc2N1S(=O)(=O)c1ccc(-c2ccc(=O)[nH]n2)o1. The van der Waals surface area contributed by atoms with Crippen LogP contribution in [-0.4, -0.2) is 24.7 Å². The Kier molecular flexibility index (Phi) is 3.50. The Balaban J connectivity index is 1.75. The Hall–Kier alpha value is -2.87. The van der Waals surface area contributed by atoms with E-state index in [9.17, 15) is 13.2 Å². The van der Waals surface area contributed by atoms with Crippen LogP contribution >= 0.6 is 0 Å². The summed E-state index contributed by atoms with van der Waals surface area (Å²) in [6.45, 7) is 1.87. The Labute approximate surface area is 144 Å². The molecule has 0 saturated carbocycles. The molecule has 3 aromatic rings. The Bertz CT molecular complexity index is 1080. The normalized spacial score (nSPS) is 16.8. The highest BCUT2D eigenvalue weighted by molar-refractivity contribution is 7.92. The third kappa shape index (κ3) is 2.54. The highest BCUT2D eigenvalue weighted by atomic mass is 32.2. The van der Waals surface area contributed by atoms with Crippen molar-refractivity contribution in [2.75, 3.05) is 4.31 Å². The van der Waals surface area contributed by atoms with E-state index in [4.69, 9.17) is 4.42 Å². The van der Waals surface area contributed by atoms with E-state index in [1.807, 2.05) is 25.1 Å². The summed E-state index contributed by atoms with van der Waals surface area (Å²) in [7, 11) is -3.83. The first-order chi connectivity index (χ1) is 12.0. The van der Waals surface area contributed by atoms with Gasteiger partial charge >= 0.3 is 0 Å². The molecule has 0 radical (unpaired) electrons. The first-order valence-electron chi connectivity index (χ1n) is 7.75. The Morgan fingerprint density at radius 3 is 2.72 bits per heavy atom. The zero-order valence-corrected chi connectivity index (χ0v) is 14.2. The van der Waals surface area contributed by atoms with Crippen LogP contribution < -0.4 is 9.86 Å². The first-order valence-corrected chi connectivity index (χ1v) is 9.19. The Morgan fingerprint density at radius 2 is 1.96 bits per heavy atom. The lowest BCUT2D eigenvalue weighted by atomic mass is 10.1. The summed E-state index contributed by atoms with van der Waals surface area (Å²) in [6, 6.07) is 13.0. The lowest BCUT2D eigenvalue weighted by Crippen LogP contribution is -2.35. The molecule has 1 aromatic carbocycles. The van der Waals surface area contributed by atoms with Crippen LogP contribution in [0.15, 0.2) is 62.8 Å². The molecule has 0 amide bonds. The maximum atomic E-state index is 13.1. The topological polar surface area (TPSA) is 96.3 Å². The van der Waals surface area contributed by atoms with Crippen LogP contribution in [0.3, 0.4) is 0 Å². The zero-order chi connectivity index (χ0) is 17.6. The van der Waals surface area contributed by atoms with Crippen LogP contribution in [0.1, 0.15) is 12.5 Å². The van der Waals surface area contributed by atoms with E-state index in [-0.39, 0.29) is 22.5 Å². The summed E-state index contributed by atoms with van der Waals surface area (Å²) in [6.07, 6.45) is 0.657. The van der Waals surface area contributed by atoms with Crippen molar-refractivity contribution in [3.05, 3.63) is 64.4 Å². The second-order valence-corrected chi connectivity index (χ2v) is 7.65. The predicted octanol–water partition coefficient (Wildman–Crippen LogP) is 2.17. The molecule has 1 aliphatic rings. The molecule has 0 fully saturated rings. The van der Waals surface area contributed by atoms with Crippen molar-refractivity contribution in [1.29, 1.82) is 0 Å². The van der Waals surface area contributed by atoms with Crippen molar-refractivity contribution in [3.63, 3.8) is 0 Å². The molecule has 0 unspecified atom stereocenters. The monoisotopic (exact) mass is 357 g/mol. The predicted molar refractivity (Wildman–Crippen MR) is 91.8 cm³/mol. The average molecular weight is 357 g/mol. The van der Waals surface area contributed by atoms with Crippen molar-refractivity contribution < 1.29 is 12.8 Å². The van der Waals surface area contributed by atoms with Gasteiger partial charge in [0.05, 0.1) is 5.69 Å². The van der Waals surface area contributed by atoms with Crippen molar-refractivity contribution >= 4 is 15.7 Å². The molecular formula is C17H15N3O4S. The summed E-state index contributed by atoms with van der Waals surface area (Å²) in [4.78, 5) is 11.1. The molecule has 2 aromatic heterocycles. The number of nitrogens with one attached hydrogen (secondary N) is 1. The Morgan fingerprint density at radius 1 is 1.16 bits per heavy atom. The number of benzene rings is 1. The van der Waals surface area contributed by atoms with Gasteiger partial charge in [-0.2, -0.15) is 13.5 Å². The highest BCUT2D eigenvalue weighted by Crippen LogP contribution is 2.37. The molecule has 4 rings (SSSR count). The lowest BCUT2D eigenvalue weighted by molar-refractivity contribution is 0.456. The van der Waals surface area contributed by atoms with E-state index in [0.29, 0.717) is 17.8 Å².